The Bertz CT molecular complexity index is 532. The van der Waals surface area contributed by atoms with E-state index < -0.39 is 0 Å². The van der Waals surface area contributed by atoms with E-state index in [2.05, 4.69) is 35.9 Å². The highest BCUT2D eigenvalue weighted by Gasteiger charge is 2.12. The number of pyridine rings is 1. The Hall–Kier alpha value is -2.08. The Balaban J connectivity index is 2.44. The SMILES string of the molecule is C#CCn1nc(-c2ccccn2)cc1C(C)C. The minimum absolute atomic E-state index is 0.397. The van der Waals surface area contributed by atoms with E-state index >= 15 is 0 Å². The first-order valence-corrected chi connectivity index (χ1v) is 5.65. The quantitative estimate of drug-likeness (QED) is 0.752. The van der Waals surface area contributed by atoms with Gasteiger partial charge < -0.3 is 0 Å². The van der Waals surface area contributed by atoms with E-state index in [1.807, 2.05) is 22.9 Å². The molecule has 0 bridgehead atoms. The van der Waals surface area contributed by atoms with Crippen molar-refractivity contribution in [1.29, 1.82) is 0 Å². The molecular weight excluding hydrogens is 210 g/mol. The Labute approximate surface area is 102 Å². The van der Waals surface area contributed by atoms with Gasteiger partial charge in [0.15, 0.2) is 0 Å². The minimum Gasteiger partial charge on any atom is -0.257 e. The first-order chi connectivity index (χ1) is 8.22. The van der Waals surface area contributed by atoms with E-state index in [0.29, 0.717) is 12.5 Å². The summed E-state index contributed by atoms with van der Waals surface area (Å²) in [6.45, 7) is 4.76. The number of terminal acetylenes is 1. The second-order valence-corrected chi connectivity index (χ2v) is 4.19. The van der Waals surface area contributed by atoms with Gasteiger partial charge in [0.05, 0.1) is 5.69 Å². The molecule has 0 aromatic carbocycles. The molecule has 0 saturated carbocycles. The van der Waals surface area contributed by atoms with E-state index in [4.69, 9.17) is 6.42 Å². The first kappa shape index (κ1) is 11.4. The summed E-state index contributed by atoms with van der Waals surface area (Å²) in [6, 6.07) is 7.86. The second-order valence-electron chi connectivity index (χ2n) is 4.19. The topological polar surface area (TPSA) is 30.7 Å². The van der Waals surface area contributed by atoms with E-state index in [0.717, 1.165) is 17.1 Å². The molecule has 2 heterocycles. The van der Waals surface area contributed by atoms with E-state index in [-0.39, 0.29) is 0 Å². The molecule has 0 fully saturated rings. The van der Waals surface area contributed by atoms with Crippen molar-refractivity contribution in [3.63, 3.8) is 0 Å². The summed E-state index contributed by atoms with van der Waals surface area (Å²) in [7, 11) is 0. The van der Waals surface area contributed by atoms with Gasteiger partial charge in [0, 0.05) is 11.9 Å². The summed E-state index contributed by atoms with van der Waals surface area (Å²) in [4.78, 5) is 4.30. The third-order valence-corrected chi connectivity index (χ3v) is 2.57. The molecule has 17 heavy (non-hydrogen) atoms. The molecule has 3 heteroatoms. The van der Waals surface area contributed by atoms with Gasteiger partial charge in [0.1, 0.15) is 12.2 Å². The molecule has 2 rings (SSSR count). The lowest BCUT2D eigenvalue weighted by Crippen LogP contribution is -2.04. The molecule has 3 nitrogen and oxygen atoms in total. The number of hydrogen-bond acceptors (Lipinski definition) is 2. The van der Waals surface area contributed by atoms with Crippen molar-refractivity contribution >= 4 is 0 Å². The van der Waals surface area contributed by atoms with Gasteiger partial charge in [-0.2, -0.15) is 5.10 Å². The van der Waals surface area contributed by atoms with Crippen molar-refractivity contribution in [3.05, 3.63) is 36.2 Å². The van der Waals surface area contributed by atoms with Gasteiger partial charge in [0.25, 0.3) is 0 Å². The van der Waals surface area contributed by atoms with Crippen LogP contribution in [0.3, 0.4) is 0 Å². The fraction of sp³-hybridized carbons (Fsp3) is 0.286. The molecule has 0 atom stereocenters. The predicted octanol–water partition coefficient (Wildman–Crippen LogP) is 2.70. The van der Waals surface area contributed by atoms with E-state index in [1.54, 1.807) is 6.20 Å². The minimum atomic E-state index is 0.397. The van der Waals surface area contributed by atoms with E-state index in [9.17, 15) is 0 Å². The van der Waals surface area contributed by atoms with Gasteiger partial charge in [-0.3, -0.25) is 9.67 Å². The third kappa shape index (κ3) is 2.36. The summed E-state index contributed by atoms with van der Waals surface area (Å²) in [5.74, 6) is 3.02. The monoisotopic (exact) mass is 225 g/mol. The molecule has 2 aromatic heterocycles. The Morgan fingerprint density at radius 3 is 2.76 bits per heavy atom. The second kappa shape index (κ2) is 4.84. The summed E-state index contributed by atoms with van der Waals surface area (Å²) < 4.78 is 1.87. The van der Waals surface area contributed by atoms with Gasteiger partial charge >= 0.3 is 0 Å². The lowest BCUT2D eigenvalue weighted by atomic mass is 10.1. The van der Waals surface area contributed by atoms with Crippen LogP contribution in [0.2, 0.25) is 0 Å². The van der Waals surface area contributed by atoms with Crippen molar-refractivity contribution in [2.75, 3.05) is 0 Å². The van der Waals surface area contributed by atoms with Gasteiger partial charge in [-0.25, -0.2) is 0 Å². The van der Waals surface area contributed by atoms with Crippen LogP contribution in [0.5, 0.6) is 0 Å². The molecule has 0 aliphatic carbocycles. The van der Waals surface area contributed by atoms with Crippen LogP contribution in [0, 0.1) is 12.3 Å². The largest absolute Gasteiger partial charge is 0.257 e. The van der Waals surface area contributed by atoms with Crippen LogP contribution in [-0.4, -0.2) is 14.8 Å². The molecule has 0 aliphatic heterocycles. The average Bonchev–Trinajstić information content (AvgIpc) is 2.75. The molecule has 86 valence electrons. The van der Waals surface area contributed by atoms with Gasteiger partial charge in [0.2, 0.25) is 0 Å². The highest BCUT2D eigenvalue weighted by atomic mass is 15.3. The van der Waals surface area contributed by atoms with Crippen LogP contribution in [0.15, 0.2) is 30.5 Å². The zero-order valence-electron chi connectivity index (χ0n) is 10.1. The lowest BCUT2D eigenvalue weighted by Gasteiger charge is -2.05. The fourth-order valence-corrected chi connectivity index (χ4v) is 1.75. The highest BCUT2D eigenvalue weighted by Crippen LogP contribution is 2.21. The van der Waals surface area contributed by atoms with E-state index in [1.165, 1.54) is 0 Å². The number of aromatic nitrogens is 3. The van der Waals surface area contributed by atoms with Gasteiger partial charge in [-0.15, -0.1) is 6.42 Å². The smallest absolute Gasteiger partial charge is 0.111 e. The summed E-state index contributed by atoms with van der Waals surface area (Å²) in [5.41, 5.74) is 2.90. The number of nitrogens with zero attached hydrogens (tertiary/aromatic N) is 3. The summed E-state index contributed by atoms with van der Waals surface area (Å²) in [5, 5.41) is 4.50. The molecular formula is C14H15N3. The molecule has 0 spiro atoms. The summed E-state index contributed by atoms with van der Waals surface area (Å²) >= 11 is 0. The highest BCUT2D eigenvalue weighted by molar-refractivity contribution is 5.54. The number of hydrogen-bond donors (Lipinski definition) is 0. The standard InChI is InChI=1S/C14H15N3/c1-4-9-17-14(11(2)3)10-13(16-17)12-7-5-6-8-15-12/h1,5-8,10-11H,9H2,2-3H3. The fourth-order valence-electron chi connectivity index (χ4n) is 1.75. The van der Waals surface area contributed by atoms with Crippen LogP contribution >= 0.6 is 0 Å². The molecule has 0 radical (unpaired) electrons. The van der Waals surface area contributed by atoms with Crippen LogP contribution in [0.1, 0.15) is 25.5 Å². The Morgan fingerprint density at radius 2 is 2.18 bits per heavy atom. The van der Waals surface area contributed by atoms with Crippen LogP contribution in [0.4, 0.5) is 0 Å². The zero-order valence-corrected chi connectivity index (χ0v) is 10.1. The molecule has 0 amide bonds. The van der Waals surface area contributed by atoms with Crippen molar-refractivity contribution < 1.29 is 0 Å². The van der Waals surface area contributed by atoms with Crippen molar-refractivity contribution in [2.24, 2.45) is 0 Å². The Morgan fingerprint density at radius 1 is 1.35 bits per heavy atom. The molecule has 2 aromatic rings. The summed E-state index contributed by atoms with van der Waals surface area (Å²) in [6.07, 6.45) is 7.12. The van der Waals surface area contributed by atoms with Crippen LogP contribution < -0.4 is 0 Å². The maximum absolute atomic E-state index is 5.35. The van der Waals surface area contributed by atoms with Crippen LogP contribution in [0.25, 0.3) is 11.4 Å². The molecule has 0 unspecified atom stereocenters. The molecule has 0 saturated heterocycles. The normalized spacial score (nSPS) is 10.5. The maximum Gasteiger partial charge on any atom is 0.111 e. The van der Waals surface area contributed by atoms with Crippen molar-refractivity contribution in [1.82, 2.24) is 14.8 Å². The Kier molecular flexibility index (Phi) is 3.24. The molecule has 0 aliphatic rings. The van der Waals surface area contributed by atoms with Crippen molar-refractivity contribution in [3.8, 4) is 23.7 Å². The first-order valence-electron chi connectivity index (χ1n) is 5.65. The predicted molar refractivity (Wildman–Crippen MR) is 68.4 cm³/mol. The third-order valence-electron chi connectivity index (χ3n) is 2.57. The zero-order chi connectivity index (χ0) is 12.3. The van der Waals surface area contributed by atoms with Gasteiger partial charge in [-0.05, 0) is 24.1 Å². The van der Waals surface area contributed by atoms with Gasteiger partial charge in [-0.1, -0.05) is 25.8 Å². The molecule has 0 N–H and O–H groups in total. The lowest BCUT2D eigenvalue weighted by molar-refractivity contribution is 0.637. The van der Waals surface area contributed by atoms with Crippen molar-refractivity contribution in [2.45, 2.75) is 26.3 Å². The van der Waals surface area contributed by atoms with Crippen LogP contribution in [-0.2, 0) is 6.54 Å². The maximum atomic E-state index is 5.35. The average molecular weight is 225 g/mol. The number of rotatable bonds is 3.